The average Bonchev–Trinajstić information content (AvgIpc) is 2.66. The van der Waals surface area contributed by atoms with Crippen LogP contribution >= 0.6 is 0 Å². The second-order valence-corrected chi connectivity index (χ2v) is 6.44. The van der Waals surface area contributed by atoms with Crippen molar-refractivity contribution in [1.29, 1.82) is 0 Å². The third-order valence-corrected chi connectivity index (χ3v) is 3.75. The van der Waals surface area contributed by atoms with Gasteiger partial charge in [-0.05, 0) is 23.1 Å². The zero-order chi connectivity index (χ0) is 13.6. The second-order valence-electron chi connectivity index (χ2n) is 6.44. The van der Waals surface area contributed by atoms with Gasteiger partial charge in [0, 0.05) is 12.3 Å². The highest BCUT2D eigenvalue weighted by Gasteiger charge is 2.43. The predicted octanol–water partition coefficient (Wildman–Crippen LogP) is 4.52. The zero-order valence-corrected chi connectivity index (χ0v) is 12.3. The summed E-state index contributed by atoms with van der Waals surface area (Å²) in [6, 6.07) is 6.29. The van der Waals surface area contributed by atoms with Gasteiger partial charge in [-0.2, -0.15) is 0 Å². The van der Waals surface area contributed by atoms with Crippen LogP contribution in [0.15, 0.2) is 18.2 Å². The van der Waals surface area contributed by atoms with Gasteiger partial charge in [-0.3, -0.25) is 0 Å². The van der Waals surface area contributed by atoms with Crippen LogP contribution in [0.2, 0.25) is 0 Å². The molecule has 1 heterocycles. The first kappa shape index (κ1) is 13.3. The third-order valence-electron chi connectivity index (χ3n) is 3.75. The van der Waals surface area contributed by atoms with E-state index in [9.17, 15) is 0 Å². The molecule has 1 unspecified atom stereocenters. The first-order valence-corrected chi connectivity index (χ1v) is 6.81. The van der Waals surface area contributed by atoms with E-state index < -0.39 is 5.79 Å². The van der Waals surface area contributed by atoms with Crippen molar-refractivity contribution in [2.24, 2.45) is 5.92 Å². The summed E-state index contributed by atoms with van der Waals surface area (Å²) in [5.74, 6) is 1.60. The molecule has 100 valence electrons. The Hall–Kier alpha value is -1.18. The molecular weight excluding hydrogens is 224 g/mol. The van der Waals surface area contributed by atoms with E-state index in [0.29, 0.717) is 5.92 Å². The molecular formula is C16H24O2. The van der Waals surface area contributed by atoms with E-state index in [1.54, 1.807) is 0 Å². The lowest BCUT2D eigenvalue weighted by atomic mass is 9.87. The van der Waals surface area contributed by atoms with Crippen molar-refractivity contribution >= 4 is 0 Å². The highest BCUT2D eigenvalue weighted by Crippen LogP contribution is 2.45. The van der Waals surface area contributed by atoms with Crippen molar-refractivity contribution in [3.8, 4) is 11.5 Å². The third kappa shape index (κ3) is 2.09. The number of ether oxygens (including phenoxy) is 2. The van der Waals surface area contributed by atoms with Crippen LogP contribution in [0.25, 0.3) is 0 Å². The quantitative estimate of drug-likeness (QED) is 0.766. The lowest BCUT2D eigenvalue weighted by Gasteiger charge is -2.30. The summed E-state index contributed by atoms with van der Waals surface area (Å²) >= 11 is 0. The summed E-state index contributed by atoms with van der Waals surface area (Å²) in [4.78, 5) is 0. The number of benzene rings is 1. The summed E-state index contributed by atoms with van der Waals surface area (Å²) in [6.07, 6.45) is 0.851. The molecule has 0 amide bonds. The molecule has 0 saturated heterocycles. The molecule has 0 aliphatic carbocycles. The Bertz CT molecular complexity index is 443. The van der Waals surface area contributed by atoms with E-state index in [4.69, 9.17) is 9.47 Å². The maximum Gasteiger partial charge on any atom is 0.253 e. The first-order chi connectivity index (χ1) is 8.28. The molecule has 1 aromatic carbocycles. The van der Waals surface area contributed by atoms with E-state index in [0.717, 1.165) is 17.9 Å². The topological polar surface area (TPSA) is 18.5 Å². The summed E-state index contributed by atoms with van der Waals surface area (Å²) < 4.78 is 12.2. The summed E-state index contributed by atoms with van der Waals surface area (Å²) in [5, 5.41) is 0. The summed E-state index contributed by atoms with van der Waals surface area (Å²) in [6.45, 7) is 13.0. The number of fused-ring (bicyclic) bond motifs is 1. The smallest absolute Gasteiger partial charge is 0.253 e. The van der Waals surface area contributed by atoms with Gasteiger partial charge in [-0.25, -0.2) is 0 Å². The highest BCUT2D eigenvalue weighted by atomic mass is 16.7. The minimum absolute atomic E-state index is 0.133. The Balaban J connectivity index is 2.36. The lowest BCUT2D eigenvalue weighted by Crippen LogP contribution is -2.43. The number of hydrogen-bond acceptors (Lipinski definition) is 2. The van der Waals surface area contributed by atoms with Gasteiger partial charge in [-0.1, -0.05) is 47.6 Å². The predicted molar refractivity (Wildman–Crippen MR) is 74.3 cm³/mol. The molecule has 1 aliphatic heterocycles. The second kappa shape index (κ2) is 4.18. The van der Waals surface area contributed by atoms with Crippen LogP contribution in [0, 0.1) is 5.92 Å². The molecule has 0 aromatic heterocycles. The van der Waals surface area contributed by atoms with Gasteiger partial charge in [0.15, 0.2) is 11.5 Å². The molecule has 0 fully saturated rings. The maximum absolute atomic E-state index is 6.12. The van der Waals surface area contributed by atoms with Gasteiger partial charge >= 0.3 is 0 Å². The average molecular weight is 248 g/mol. The molecule has 0 saturated carbocycles. The Kier molecular flexibility index (Phi) is 3.08. The zero-order valence-electron chi connectivity index (χ0n) is 12.3. The Morgan fingerprint density at radius 2 is 1.72 bits per heavy atom. The van der Waals surface area contributed by atoms with Crippen LogP contribution in [0.3, 0.4) is 0 Å². The van der Waals surface area contributed by atoms with E-state index >= 15 is 0 Å². The van der Waals surface area contributed by atoms with Crippen molar-refractivity contribution in [2.45, 2.75) is 59.2 Å². The molecule has 2 heteroatoms. The largest absolute Gasteiger partial charge is 0.448 e. The van der Waals surface area contributed by atoms with Crippen LogP contribution in [0.1, 0.15) is 53.5 Å². The fourth-order valence-corrected chi connectivity index (χ4v) is 2.32. The van der Waals surface area contributed by atoms with Gasteiger partial charge in [0.2, 0.25) is 0 Å². The van der Waals surface area contributed by atoms with E-state index in [2.05, 4.69) is 53.7 Å². The van der Waals surface area contributed by atoms with Crippen molar-refractivity contribution in [3.63, 3.8) is 0 Å². The molecule has 0 N–H and O–H groups in total. The van der Waals surface area contributed by atoms with E-state index in [1.807, 2.05) is 6.07 Å². The number of rotatable bonds is 2. The fraction of sp³-hybridized carbons (Fsp3) is 0.625. The Morgan fingerprint density at radius 3 is 2.22 bits per heavy atom. The molecule has 1 aromatic rings. The number of hydrogen-bond donors (Lipinski definition) is 0. The fourth-order valence-electron chi connectivity index (χ4n) is 2.32. The highest BCUT2D eigenvalue weighted by molar-refractivity contribution is 5.47. The van der Waals surface area contributed by atoms with Gasteiger partial charge < -0.3 is 9.47 Å². The Morgan fingerprint density at radius 1 is 1.11 bits per heavy atom. The normalized spacial score (nSPS) is 22.6. The van der Waals surface area contributed by atoms with Crippen LogP contribution in [-0.2, 0) is 5.41 Å². The molecule has 1 atom stereocenters. The van der Waals surface area contributed by atoms with Crippen molar-refractivity contribution in [3.05, 3.63) is 23.8 Å². The van der Waals surface area contributed by atoms with Crippen LogP contribution in [-0.4, -0.2) is 5.79 Å². The molecule has 0 radical (unpaired) electrons. The van der Waals surface area contributed by atoms with E-state index in [1.165, 1.54) is 5.56 Å². The Labute approximate surface area is 110 Å². The van der Waals surface area contributed by atoms with E-state index in [-0.39, 0.29) is 5.41 Å². The van der Waals surface area contributed by atoms with Gasteiger partial charge in [-0.15, -0.1) is 0 Å². The van der Waals surface area contributed by atoms with Crippen LogP contribution in [0.4, 0.5) is 0 Å². The molecule has 1 aliphatic rings. The SMILES string of the molecule is CCC1(C(C)C)Oc2ccc(C(C)(C)C)cc2O1. The van der Waals surface area contributed by atoms with Gasteiger partial charge in [0.05, 0.1) is 0 Å². The maximum atomic E-state index is 6.12. The van der Waals surface area contributed by atoms with Crippen LogP contribution < -0.4 is 9.47 Å². The van der Waals surface area contributed by atoms with Crippen LogP contribution in [0.5, 0.6) is 11.5 Å². The molecule has 0 bridgehead atoms. The molecule has 18 heavy (non-hydrogen) atoms. The van der Waals surface area contributed by atoms with Gasteiger partial charge in [0.25, 0.3) is 5.79 Å². The molecule has 2 nitrogen and oxygen atoms in total. The lowest BCUT2D eigenvalue weighted by molar-refractivity contribution is -0.118. The van der Waals surface area contributed by atoms with Gasteiger partial charge in [0.1, 0.15) is 0 Å². The first-order valence-electron chi connectivity index (χ1n) is 6.81. The summed E-state index contributed by atoms with van der Waals surface area (Å²) in [7, 11) is 0. The summed E-state index contributed by atoms with van der Waals surface area (Å²) in [5.41, 5.74) is 1.41. The van der Waals surface area contributed by atoms with Crippen molar-refractivity contribution in [1.82, 2.24) is 0 Å². The van der Waals surface area contributed by atoms with Crippen molar-refractivity contribution in [2.75, 3.05) is 0 Å². The minimum Gasteiger partial charge on any atom is -0.448 e. The minimum atomic E-state index is -0.487. The molecule has 2 rings (SSSR count). The standard InChI is InChI=1S/C16H24O2/c1-7-16(11(2)3)17-13-9-8-12(15(4,5)6)10-14(13)18-16/h8-11H,7H2,1-6H3. The molecule has 0 spiro atoms. The van der Waals surface area contributed by atoms with Crippen molar-refractivity contribution < 1.29 is 9.47 Å². The monoisotopic (exact) mass is 248 g/mol.